The van der Waals surface area contributed by atoms with Crippen LogP contribution in [-0.4, -0.2) is 61.3 Å². The van der Waals surface area contributed by atoms with Crippen molar-refractivity contribution in [1.29, 1.82) is 0 Å². The van der Waals surface area contributed by atoms with Gasteiger partial charge in [-0.3, -0.25) is 14.4 Å². The van der Waals surface area contributed by atoms with E-state index in [1.54, 1.807) is 6.08 Å². The highest BCUT2D eigenvalue weighted by Crippen LogP contribution is 2.27. The van der Waals surface area contributed by atoms with Crippen molar-refractivity contribution in [2.45, 2.75) is 37.3 Å². The van der Waals surface area contributed by atoms with Crippen LogP contribution in [0, 0.1) is 0 Å². The summed E-state index contributed by atoms with van der Waals surface area (Å²) >= 11 is 0. The largest absolute Gasteiger partial charge is 0.351 e. The first-order valence-corrected chi connectivity index (χ1v) is 15.3. The Balaban J connectivity index is 1.27. The quantitative estimate of drug-likeness (QED) is 0.161. The lowest BCUT2D eigenvalue weighted by Crippen LogP contribution is -2.49. The Hall–Kier alpha value is -4.59. The molecule has 4 aromatic rings. The number of hydrogen-bond acceptors (Lipinski definition) is 5. The van der Waals surface area contributed by atoms with Gasteiger partial charge in [0.25, 0.3) is 0 Å². The molecule has 1 saturated heterocycles. The van der Waals surface area contributed by atoms with E-state index in [9.17, 15) is 14.4 Å². The fourth-order valence-electron chi connectivity index (χ4n) is 5.98. The van der Waals surface area contributed by atoms with E-state index in [-0.39, 0.29) is 29.8 Å². The topological polar surface area (TPSA) is 105 Å². The minimum atomic E-state index is -0.376. The Morgan fingerprint density at radius 1 is 0.955 bits per heavy atom. The van der Waals surface area contributed by atoms with Gasteiger partial charge in [0.2, 0.25) is 11.8 Å². The van der Waals surface area contributed by atoms with Gasteiger partial charge in [-0.2, -0.15) is 0 Å². The van der Waals surface area contributed by atoms with Crippen LogP contribution in [0.3, 0.4) is 0 Å². The third-order valence-electron chi connectivity index (χ3n) is 8.36. The van der Waals surface area contributed by atoms with Crippen LogP contribution in [0.4, 0.5) is 0 Å². The lowest BCUT2D eigenvalue weighted by atomic mass is 9.90. The van der Waals surface area contributed by atoms with Gasteiger partial charge in [0.15, 0.2) is 6.29 Å². The summed E-state index contributed by atoms with van der Waals surface area (Å²) in [6.45, 7) is 2.03. The van der Waals surface area contributed by atoms with E-state index in [0.717, 1.165) is 23.5 Å². The third kappa shape index (κ3) is 7.67. The van der Waals surface area contributed by atoms with Crippen molar-refractivity contribution < 1.29 is 14.4 Å². The van der Waals surface area contributed by atoms with Gasteiger partial charge in [0.1, 0.15) is 0 Å². The van der Waals surface area contributed by atoms with Crippen molar-refractivity contribution in [3.63, 3.8) is 0 Å². The van der Waals surface area contributed by atoms with Gasteiger partial charge in [0.05, 0.1) is 6.04 Å². The molecule has 0 spiro atoms. The van der Waals surface area contributed by atoms with Gasteiger partial charge < -0.3 is 21.3 Å². The summed E-state index contributed by atoms with van der Waals surface area (Å²) < 4.78 is 0. The Labute approximate surface area is 259 Å². The molecular weight excluding hydrogens is 548 g/mol. The minimum Gasteiger partial charge on any atom is -0.351 e. The van der Waals surface area contributed by atoms with Crippen LogP contribution >= 0.6 is 0 Å². The molecule has 1 aliphatic rings. The molecular formula is C37H40N4O3. The number of nitrogens with zero attached hydrogens (tertiary/aromatic N) is 1. The molecule has 0 bridgehead atoms. The number of amides is 2. The van der Waals surface area contributed by atoms with E-state index in [1.165, 1.54) is 17.2 Å². The van der Waals surface area contributed by atoms with Crippen molar-refractivity contribution in [1.82, 2.24) is 15.5 Å². The molecule has 2 atom stereocenters. The fourth-order valence-corrected chi connectivity index (χ4v) is 5.98. The van der Waals surface area contributed by atoms with Crippen LogP contribution in [0.15, 0.2) is 103 Å². The van der Waals surface area contributed by atoms with Gasteiger partial charge in [-0.1, -0.05) is 97.1 Å². The second-order valence-corrected chi connectivity index (χ2v) is 11.3. The van der Waals surface area contributed by atoms with E-state index in [1.807, 2.05) is 77.7 Å². The van der Waals surface area contributed by atoms with E-state index in [0.29, 0.717) is 50.1 Å². The second kappa shape index (κ2) is 15.2. The summed E-state index contributed by atoms with van der Waals surface area (Å²) in [6, 6.07) is 31.6. The van der Waals surface area contributed by atoms with Crippen molar-refractivity contribution in [3.8, 4) is 0 Å². The van der Waals surface area contributed by atoms with Crippen LogP contribution in [0.25, 0.3) is 16.8 Å². The monoisotopic (exact) mass is 588 g/mol. The molecule has 5 rings (SSSR count). The molecule has 0 aliphatic carbocycles. The molecule has 0 radical (unpaired) electrons. The molecule has 0 unspecified atom stereocenters. The van der Waals surface area contributed by atoms with Crippen LogP contribution in [0.2, 0.25) is 0 Å². The third-order valence-corrected chi connectivity index (χ3v) is 8.36. The molecule has 1 fully saturated rings. The number of carbonyl (C=O) groups excluding carboxylic acids is 3. The van der Waals surface area contributed by atoms with Crippen LogP contribution in [0.5, 0.6) is 0 Å². The van der Waals surface area contributed by atoms with E-state index >= 15 is 0 Å². The van der Waals surface area contributed by atoms with E-state index in [2.05, 4.69) is 34.9 Å². The molecule has 44 heavy (non-hydrogen) atoms. The number of hydrogen-bond donors (Lipinski definition) is 3. The van der Waals surface area contributed by atoms with E-state index in [4.69, 9.17) is 5.73 Å². The van der Waals surface area contributed by atoms with Crippen LogP contribution in [-0.2, 0) is 9.59 Å². The molecule has 1 aliphatic heterocycles. The predicted molar refractivity (Wildman–Crippen MR) is 176 cm³/mol. The van der Waals surface area contributed by atoms with Crippen molar-refractivity contribution >= 4 is 34.9 Å². The predicted octanol–water partition coefficient (Wildman–Crippen LogP) is 4.91. The summed E-state index contributed by atoms with van der Waals surface area (Å²) in [5.74, 6) is -0.137. The normalized spacial score (nSPS) is 17.2. The van der Waals surface area contributed by atoms with Crippen LogP contribution in [0.1, 0.15) is 52.2 Å². The molecule has 2 amide bonds. The summed E-state index contributed by atoms with van der Waals surface area (Å²) in [4.78, 5) is 40.5. The Kier molecular flexibility index (Phi) is 10.7. The zero-order valence-electron chi connectivity index (χ0n) is 24.9. The average molecular weight is 589 g/mol. The first-order chi connectivity index (χ1) is 21.6. The second-order valence-electron chi connectivity index (χ2n) is 11.3. The maximum atomic E-state index is 13.8. The highest BCUT2D eigenvalue weighted by molar-refractivity contribution is 6.03. The smallest absolute Gasteiger partial charge is 0.244 e. The van der Waals surface area contributed by atoms with Gasteiger partial charge in [-0.05, 0) is 59.3 Å². The zero-order valence-corrected chi connectivity index (χ0v) is 24.9. The number of nitrogens with two attached hydrogens (primary N) is 1. The van der Waals surface area contributed by atoms with Crippen molar-refractivity contribution in [2.75, 3.05) is 26.2 Å². The van der Waals surface area contributed by atoms with E-state index < -0.39 is 0 Å². The summed E-state index contributed by atoms with van der Waals surface area (Å²) in [5.41, 5.74) is 9.41. The highest BCUT2D eigenvalue weighted by atomic mass is 16.2. The van der Waals surface area contributed by atoms with Gasteiger partial charge in [0, 0.05) is 43.2 Å². The molecule has 0 saturated carbocycles. The van der Waals surface area contributed by atoms with Crippen LogP contribution < -0.4 is 16.4 Å². The SMILES string of the molecule is NCCC[C@@H]1N[C@H](CNC(=O)/C=C/c2ccc3ccccc3c2C=O)CCN(CC(c2ccccc2)c2ccccc2)C1=O. The Bertz CT molecular complexity index is 1550. The van der Waals surface area contributed by atoms with Gasteiger partial charge in [-0.25, -0.2) is 0 Å². The van der Waals surface area contributed by atoms with Crippen molar-refractivity contribution in [3.05, 3.63) is 125 Å². The highest BCUT2D eigenvalue weighted by Gasteiger charge is 2.32. The van der Waals surface area contributed by atoms with Gasteiger partial charge >= 0.3 is 0 Å². The lowest BCUT2D eigenvalue weighted by molar-refractivity contribution is -0.133. The van der Waals surface area contributed by atoms with Crippen molar-refractivity contribution in [2.24, 2.45) is 5.73 Å². The first kappa shape index (κ1) is 30.9. The zero-order chi connectivity index (χ0) is 30.7. The Morgan fingerprint density at radius 3 is 2.32 bits per heavy atom. The maximum absolute atomic E-state index is 13.8. The maximum Gasteiger partial charge on any atom is 0.244 e. The lowest BCUT2D eigenvalue weighted by Gasteiger charge is -2.29. The number of nitrogens with one attached hydrogen (secondary N) is 2. The average Bonchev–Trinajstić information content (AvgIpc) is 3.22. The molecule has 4 aromatic carbocycles. The summed E-state index contributed by atoms with van der Waals surface area (Å²) in [6.07, 6.45) is 6.03. The number of carbonyl (C=O) groups is 3. The number of benzene rings is 4. The fraction of sp³-hybridized carbons (Fsp3) is 0.270. The minimum absolute atomic E-state index is 0.0456. The first-order valence-electron chi connectivity index (χ1n) is 15.3. The standard InChI is InChI=1S/C37H40N4O3/c38-22-9-16-35-37(44)41(25-33(27-10-3-1-4-11-27)28-12-5-2-6-13-28)23-21-31(40-35)24-39-36(43)20-19-30-18-17-29-14-7-8-15-32(29)34(30)26-42/h1-8,10-15,17-20,26,31,33,35,40H,9,16,21-25,38H2,(H,39,43)/b20-19+/t31-,35-/m0/s1. The molecule has 7 nitrogen and oxygen atoms in total. The molecule has 7 heteroatoms. The number of aldehydes is 1. The molecule has 4 N–H and O–H groups in total. The molecule has 0 aromatic heterocycles. The summed E-state index contributed by atoms with van der Waals surface area (Å²) in [5, 5.41) is 8.34. The number of fused-ring (bicyclic) bond motifs is 1. The van der Waals surface area contributed by atoms with Gasteiger partial charge in [-0.15, -0.1) is 0 Å². The molecule has 226 valence electrons. The molecule has 1 heterocycles. The Morgan fingerprint density at radius 2 is 1.64 bits per heavy atom. The summed E-state index contributed by atoms with van der Waals surface area (Å²) in [7, 11) is 0. The number of rotatable bonds is 12.